The van der Waals surface area contributed by atoms with Crippen LogP contribution in [0.3, 0.4) is 0 Å². The summed E-state index contributed by atoms with van der Waals surface area (Å²) in [5, 5.41) is 13.7. The number of aromatic amines is 1. The number of hydrogen-bond donors (Lipinski definition) is 3. The standard InChI is InChI=1S/C31H34N4O7/c1-5-27-33-20(16-35(27)30(39)42-31(2,3)4)14-22(18-10-11-25-26(13-18)41-17-40-25)28(36)34-24(29(37)38)12-19-15-32-23-9-7-6-8-21(19)23/h6-11,13,15-16,22,24,32H,5,12,14,17H2,1-4H3,(H,34,36)(H,37,38)/t22?,24-/m0/s1. The van der Waals surface area contributed by atoms with Gasteiger partial charge in [-0.1, -0.05) is 31.2 Å². The smallest absolute Gasteiger partial charge is 0.419 e. The zero-order valence-electron chi connectivity index (χ0n) is 24.0. The lowest BCUT2D eigenvalue weighted by atomic mass is 9.92. The summed E-state index contributed by atoms with van der Waals surface area (Å²) in [6, 6.07) is 11.6. The van der Waals surface area contributed by atoms with E-state index in [2.05, 4.69) is 15.3 Å². The number of rotatable bonds is 9. The molecule has 2 atom stereocenters. The predicted molar refractivity (Wildman–Crippen MR) is 154 cm³/mol. The summed E-state index contributed by atoms with van der Waals surface area (Å²) in [6.07, 6.45) is 3.43. The van der Waals surface area contributed by atoms with Gasteiger partial charge in [-0.3, -0.25) is 4.79 Å². The van der Waals surface area contributed by atoms with E-state index in [1.807, 2.05) is 31.2 Å². The largest absolute Gasteiger partial charge is 0.480 e. The molecule has 2 aromatic carbocycles. The van der Waals surface area contributed by atoms with Crippen LogP contribution in [0, 0.1) is 0 Å². The summed E-state index contributed by atoms with van der Waals surface area (Å²) >= 11 is 0. The van der Waals surface area contributed by atoms with Gasteiger partial charge in [0.15, 0.2) is 11.5 Å². The molecule has 4 aromatic rings. The van der Waals surface area contributed by atoms with Gasteiger partial charge in [0.25, 0.3) is 0 Å². The summed E-state index contributed by atoms with van der Waals surface area (Å²) in [4.78, 5) is 46.8. The van der Waals surface area contributed by atoms with E-state index < -0.39 is 35.5 Å². The zero-order valence-corrected chi connectivity index (χ0v) is 24.0. The molecule has 2 aromatic heterocycles. The number of nitrogens with zero attached hydrogens (tertiary/aromatic N) is 2. The molecule has 1 unspecified atom stereocenters. The molecule has 0 saturated carbocycles. The van der Waals surface area contributed by atoms with Gasteiger partial charge in [-0.25, -0.2) is 19.1 Å². The van der Waals surface area contributed by atoms with Crippen LogP contribution in [-0.4, -0.2) is 56.0 Å². The van der Waals surface area contributed by atoms with Gasteiger partial charge in [0, 0.05) is 42.6 Å². The number of aryl methyl sites for hydroxylation is 1. The van der Waals surface area contributed by atoms with Crippen molar-refractivity contribution in [2.45, 2.75) is 64.5 Å². The Hall–Kier alpha value is -4.80. The lowest BCUT2D eigenvalue weighted by Gasteiger charge is -2.21. The Morgan fingerprint density at radius 3 is 2.62 bits per heavy atom. The first-order chi connectivity index (χ1) is 20.0. The van der Waals surface area contributed by atoms with Crippen molar-refractivity contribution in [3.63, 3.8) is 0 Å². The Balaban J connectivity index is 1.44. The fourth-order valence-electron chi connectivity index (χ4n) is 4.98. The van der Waals surface area contributed by atoms with Crippen molar-refractivity contribution in [3.8, 4) is 11.5 Å². The lowest BCUT2D eigenvalue weighted by Crippen LogP contribution is -2.44. The maximum atomic E-state index is 13.9. The number of carboxylic acids is 1. The van der Waals surface area contributed by atoms with E-state index in [0.717, 1.165) is 16.5 Å². The number of ether oxygens (including phenoxy) is 3. The fraction of sp³-hybridized carbons (Fsp3) is 0.355. The van der Waals surface area contributed by atoms with Gasteiger partial charge in [0.1, 0.15) is 17.5 Å². The average molecular weight is 575 g/mol. The molecule has 0 bridgehead atoms. The number of imidazole rings is 1. The number of H-pyrrole nitrogens is 1. The number of aliphatic carboxylic acids is 1. The highest BCUT2D eigenvalue weighted by atomic mass is 16.7. The molecule has 1 amide bonds. The molecular weight excluding hydrogens is 540 g/mol. The molecule has 0 aliphatic carbocycles. The maximum absolute atomic E-state index is 13.9. The summed E-state index contributed by atoms with van der Waals surface area (Å²) in [5.41, 5.74) is 2.05. The minimum Gasteiger partial charge on any atom is -0.480 e. The third-order valence-electron chi connectivity index (χ3n) is 6.98. The second-order valence-corrected chi connectivity index (χ2v) is 11.2. The van der Waals surface area contributed by atoms with Gasteiger partial charge in [0.05, 0.1) is 11.6 Å². The number of carbonyl (C=O) groups is 3. The van der Waals surface area contributed by atoms with E-state index in [-0.39, 0.29) is 19.6 Å². The van der Waals surface area contributed by atoms with Gasteiger partial charge < -0.3 is 29.6 Å². The molecule has 0 saturated heterocycles. The van der Waals surface area contributed by atoms with Crippen molar-refractivity contribution < 1.29 is 33.7 Å². The minimum atomic E-state index is -1.18. The van der Waals surface area contributed by atoms with Crippen molar-refractivity contribution in [3.05, 3.63) is 77.5 Å². The van der Waals surface area contributed by atoms with Crippen LogP contribution in [-0.2, 0) is 33.6 Å². The molecular formula is C31H34N4O7. The topological polar surface area (TPSA) is 145 Å². The van der Waals surface area contributed by atoms with Crippen LogP contribution >= 0.6 is 0 Å². The maximum Gasteiger partial charge on any atom is 0.419 e. The molecule has 3 N–H and O–H groups in total. The Kier molecular flexibility index (Phi) is 7.93. The molecule has 11 heteroatoms. The number of aromatic nitrogens is 3. The Bertz CT molecular complexity index is 1630. The fourth-order valence-corrected chi connectivity index (χ4v) is 4.98. The SMILES string of the molecule is CCc1nc(CC(C(=O)N[C@@H](Cc2c[nH]c3ccccc23)C(=O)O)c2ccc3c(c2)OCO3)cn1C(=O)OC(C)(C)C. The van der Waals surface area contributed by atoms with E-state index in [1.54, 1.807) is 51.4 Å². The quantitative estimate of drug-likeness (QED) is 0.264. The molecule has 1 aliphatic heterocycles. The number of nitrogens with one attached hydrogen (secondary N) is 2. The van der Waals surface area contributed by atoms with Crippen LogP contribution in [0.1, 0.15) is 56.3 Å². The summed E-state index contributed by atoms with van der Waals surface area (Å²) in [5.74, 6) is -0.940. The molecule has 220 valence electrons. The van der Waals surface area contributed by atoms with E-state index in [4.69, 9.17) is 14.2 Å². The van der Waals surface area contributed by atoms with Crippen molar-refractivity contribution in [1.82, 2.24) is 19.9 Å². The van der Waals surface area contributed by atoms with Gasteiger partial charge in [-0.2, -0.15) is 0 Å². The van der Waals surface area contributed by atoms with Crippen LogP contribution in [0.5, 0.6) is 11.5 Å². The highest BCUT2D eigenvalue weighted by Crippen LogP contribution is 2.36. The van der Waals surface area contributed by atoms with Crippen molar-refractivity contribution >= 4 is 28.9 Å². The van der Waals surface area contributed by atoms with Gasteiger partial charge in [-0.15, -0.1) is 0 Å². The van der Waals surface area contributed by atoms with Crippen molar-refractivity contribution in [2.75, 3.05) is 6.79 Å². The first-order valence-corrected chi connectivity index (χ1v) is 13.8. The molecule has 0 fully saturated rings. The summed E-state index contributed by atoms with van der Waals surface area (Å²) < 4.78 is 17.9. The van der Waals surface area contributed by atoms with E-state index in [0.29, 0.717) is 35.0 Å². The highest BCUT2D eigenvalue weighted by Gasteiger charge is 2.30. The van der Waals surface area contributed by atoms with Crippen LogP contribution in [0.4, 0.5) is 4.79 Å². The number of fused-ring (bicyclic) bond motifs is 2. The molecule has 0 radical (unpaired) electrons. The second kappa shape index (κ2) is 11.6. The zero-order chi connectivity index (χ0) is 30.0. The Morgan fingerprint density at radius 2 is 1.88 bits per heavy atom. The van der Waals surface area contributed by atoms with Crippen LogP contribution in [0.2, 0.25) is 0 Å². The monoisotopic (exact) mass is 574 g/mol. The Labute approximate surface area is 242 Å². The van der Waals surface area contributed by atoms with Crippen LogP contribution < -0.4 is 14.8 Å². The van der Waals surface area contributed by atoms with Crippen LogP contribution in [0.25, 0.3) is 10.9 Å². The van der Waals surface area contributed by atoms with E-state index >= 15 is 0 Å². The Morgan fingerprint density at radius 1 is 1.12 bits per heavy atom. The van der Waals surface area contributed by atoms with Crippen LogP contribution in [0.15, 0.2) is 54.9 Å². The number of para-hydroxylation sites is 1. The molecule has 11 nitrogen and oxygen atoms in total. The van der Waals surface area contributed by atoms with Crippen molar-refractivity contribution in [2.24, 2.45) is 0 Å². The normalized spacial score (nSPS) is 14.0. The molecule has 5 rings (SSSR count). The number of carbonyl (C=O) groups excluding carboxylic acids is 2. The van der Waals surface area contributed by atoms with Gasteiger partial charge >= 0.3 is 12.1 Å². The first kappa shape index (κ1) is 28.7. The third kappa shape index (κ3) is 6.24. The summed E-state index contributed by atoms with van der Waals surface area (Å²) in [6.45, 7) is 7.29. The van der Waals surface area contributed by atoms with E-state index in [9.17, 15) is 19.5 Å². The molecule has 42 heavy (non-hydrogen) atoms. The van der Waals surface area contributed by atoms with Crippen molar-refractivity contribution in [1.29, 1.82) is 0 Å². The third-order valence-corrected chi connectivity index (χ3v) is 6.98. The predicted octanol–water partition coefficient (Wildman–Crippen LogP) is 4.58. The van der Waals surface area contributed by atoms with E-state index in [1.165, 1.54) is 4.57 Å². The minimum absolute atomic E-state index is 0.0709. The molecule has 3 heterocycles. The average Bonchev–Trinajstić information content (AvgIpc) is 3.68. The molecule has 0 spiro atoms. The van der Waals surface area contributed by atoms with Gasteiger partial charge in [-0.05, 0) is 50.1 Å². The second-order valence-electron chi connectivity index (χ2n) is 11.2. The molecule has 1 aliphatic rings. The highest BCUT2D eigenvalue weighted by molar-refractivity contribution is 5.90. The number of amides is 1. The lowest BCUT2D eigenvalue weighted by molar-refractivity contribution is -0.142. The van der Waals surface area contributed by atoms with Gasteiger partial charge in [0.2, 0.25) is 12.7 Å². The number of benzene rings is 2. The number of carboxylic acid groups (broad SMARTS) is 1. The number of hydrogen-bond acceptors (Lipinski definition) is 7. The summed E-state index contributed by atoms with van der Waals surface area (Å²) in [7, 11) is 0. The first-order valence-electron chi connectivity index (χ1n) is 13.8.